The van der Waals surface area contributed by atoms with Crippen molar-refractivity contribution in [2.75, 3.05) is 13.1 Å². The molecule has 0 radical (unpaired) electrons. The molecule has 94 valence electrons. The Bertz CT molecular complexity index is 396. The fourth-order valence-electron chi connectivity index (χ4n) is 2.11. The van der Waals surface area contributed by atoms with E-state index in [2.05, 4.69) is 46.5 Å². The Balaban J connectivity index is 2.00. The van der Waals surface area contributed by atoms with E-state index in [0.717, 1.165) is 6.54 Å². The molecule has 1 saturated heterocycles. The van der Waals surface area contributed by atoms with E-state index in [1.54, 1.807) is 0 Å². The summed E-state index contributed by atoms with van der Waals surface area (Å²) in [6, 6.07) is 6.20. The lowest BCUT2D eigenvalue weighted by Gasteiger charge is -2.32. The maximum Gasteiger partial charge on any atom is 0.250 e. The molecule has 0 N–H and O–H groups in total. The van der Waals surface area contributed by atoms with Crippen LogP contribution < -0.4 is 0 Å². The maximum atomic E-state index is 13.0. The average molecular weight is 351 g/mol. The van der Waals surface area contributed by atoms with Crippen molar-refractivity contribution in [1.82, 2.24) is 4.90 Å². The summed E-state index contributed by atoms with van der Waals surface area (Å²) in [5, 5.41) is 0. The molecule has 0 amide bonds. The van der Waals surface area contributed by atoms with Crippen molar-refractivity contribution in [1.29, 1.82) is 0 Å². The highest BCUT2D eigenvalue weighted by molar-refractivity contribution is 14.1. The second-order valence-electron chi connectivity index (χ2n) is 4.68. The van der Waals surface area contributed by atoms with E-state index in [-0.39, 0.29) is 12.8 Å². The molecule has 0 saturated carbocycles. The quantitative estimate of drug-likeness (QED) is 0.732. The Morgan fingerprint density at radius 2 is 1.94 bits per heavy atom. The van der Waals surface area contributed by atoms with Crippen LogP contribution in [0, 0.1) is 10.5 Å². The summed E-state index contributed by atoms with van der Waals surface area (Å²) in [4.78, 5) is 2.12. The number of rotatable bonds is 2. The van der Waals surface area contributed by atoms with Gasteiger partial charge in [-0.05, 0) is 40.6 Å². The van der Waals surface area contributed by atoms with Crippen molar-refractivity contribution in [3.05, 3.63) is 32.9 Å². The van der Waals surface area contributed by atoms with Crippen LogP contribution in [0.2, 0.25) is 0 Å². The first-order valence-electron chi connectivity index (χ1n) is 5.82. The Hall–Kier alpha value is -0.230. The second kappa shape index (κ2) is 5.18. The van der Waals surface area contributed by atoms with Gasteiger partial charge in [-0.2, -0.15) is 0 Å². The Morgan fingerprint density at radius 1 is 1.29 bits per heavy atom. The first-order valence-corrected chi connectivity index (χ1v) is 6.90. The first kappa shape index (κ1) is 13.2. The normalized spacial score (nSPS) is 20.5. The van der Waals surface area contributed by atoms with Gasteiger partial charge < -0.3 is 0 Å². The molecular weight excluding hydrogens is 335 g/mol. The highest BCUT2D eigenvalue weighted by atomic mass is 127. The molecule has 1 heterocycles. The molecule has 0 unspecified atom stereocenters. The third kappa shape index (κ3) is 3.37. The number of aryl methyl sites for hydroxylation is 1. The van der Waals surface area contributed by atoms with Crippen molar-refractivity contribution in [2.45, 2.75) is 32.2 Å². The summed E-state index contributed by atoms with van der Waals surface area (Å²) in [6.45, 7) is 3.86. The minimum absolute atomic E-state index is 0.00457. The smallest absolute Gasteiger partial charge is 0.250 e. The SMILES string of the molecule is Cc1cccc(CN2CCC(F)(F)CC2)c1I. The molecule has 0 spiro atoms. The van der Waals surface area contributed by atoms with Crippen molar-refractivity contribution in [3.63, 3.8) is 0 Å². The Labute approximate surface area is 114 Å². The van der Waals surface area contributed by atoms with Crippen LogP contribution in [-0.2, 0) is 6.54 Å². The van der Waals surface area contributed by atoms with Crippen molar-refractivity contribution in [3.8, 4) is 0 Å². The van der Waals surface area contributed by atoms with Crippen LogP contribution in [0.25, 0.3) is 0 Å². The topological polar surface area (TPSA) is 3.24 Å². The van der Waals surface area contributed by atoms with E-state index < -0.39 is 5.92 Å². The zero-order chi connectivity index (χ0) is 12.5. The zero-order valence-electron chi connectivity index (χ0n) is 9.85. The minimum atomic E-state index is -2.45. The molecule has 0 aliphatic carbocycles. The van der Waals surface area contributed by atoms with Crippen LogP contribution in [-0.4, -0.2) is 23.9 Å². The van der Waals surface area contributed by atoms with E-state index in [1.165, 1.54) is 14.7 Å². The van der Waals surface area contributed by atoms with E-state index in [9.17, 15) is 8.78 Å². The molecule has 2 rings (SSSR count). The fourth-order valence-corrected chi connectivity index (χ4v) is 2.64. The fraction of sp³-hybridized carbons (Fsp3) is 0.538. The molecule has 4 heteroatoms. The summed E-state index contributed by atoms with van der Waals surface area (Å²) >= 11 is 2.33. The molecule has 17 heavy (non-hydrogen) atoms. The lowest BCUT2D eigenvalue weighted by atomic mass is 10.1. The Morgan fingerprint density at radius 3 is 2.59 bits per heavy atom. The van der Waals surface area contributed by atoms with Crippen molar-refractivity contribution < 1.29 is 8.78 Å². The number of nitrogens with zero attached hydrogens (tertiary/aromatic N) is 1. The lowest BCUT2D eigenvalue weighted by molar-refractivity contribution is -0.0566. The van der Waals surface area contributed by atoms with Crippen molar-refractivity contribution >= 4 is 22.6 Å². The third-order valence-electron chi connectivity index (χ3n) is 3.25. The lowest BCUT2D eigenvalue weighted by Crippen LogP contribution is -2.38. The summed E-state index contributed by atoms with van der Waals surface area (Å²) in [5.74, 6) is -2.45. The summed E-state index contributed by atoms with van der Waals surface area (Å²) in [6.07, 6.45) is -0.00914. The molecule has 0 bridgehead atoms. The van der Waals surface area contributed by atoms with Gasteiger partial charge in [0, 0.05) is 36.0 Å². The van der Waals surface area contributed by atoms with Crippen LogP contribution in [0.4, 0.5) is 8.78 Å². The molecular formula is C13H16F2IN. The largest absolute Gasteiger partial charge is 0.299 e. The van der Waals surface area contributed by atoms with Gasteiger partial charge >= 0.3 is 0 Å². The zero-order valence-corrected chi connectivity index (χ0v) is 12.0. The highest BCUT2D eigenvalue weighted by Gasteiger charge is 2.33. The van der Waals surface area contributed by atoms with Crippen LogP contribution in [0.5, 0.6) is 0 Å². The Kier molecular flexibility index (Phi) is 4.02. The van der Waals surface area contributed by atoms with Gasteiger partial charge in [0.1, 0.15) is 0 Å². The number of hydrogen-bond acceptors (Lipinski definition) is 1. The molecule has 1 nitrogen and oxygen atoms in total. The molecule has 1 aromatic carbocycles. The van der Waals surface area contributed by atoms with Gasteiger partial charge in [-0.15, -0.1) is 0 Å². The standard InChI is InChI=1S/C13H16F2IN/c1-10-3-2-4-11(12(10)16)9-17-7-5-13(14,15)6-8-17/h2-4H,5-9H2,1H3. The number of hydrogen-bond donors (Lipinski definition) is 0. The van der Waals surface area contributed by atoms with Gasteiger partial charge in [0.15, 0.2) is 0 Å². The minimum Gasteiger partial charge on any atom is -0.299 e. The van der Waals surface area contributed by atoms with Crippen LogP contribution >= 0.6 is 22.6 Å². The van der Waals surface area contributed by atoms with Gasteiger partial charge in [0.05, 0.1) is 0 Å². The number of benzene rings is 1. The summed E-state index contributed by atoms with van der Waals surface area (Å²) in [7, 11) is 0. The van der Waals surface area contributed by atoms with E-state index in [0.29, 0.717) is 13.1 Å². The highest BCUT2D eigenvalue weighted by Crippen LogP contribution is 2.29. The van der Waals surface area contributed by atoms with Crippen LogP contribution in [0.15, 0.2) is 18.2 Å². The van der Waals surface area contributed by atoms with Gasteiger partial charge in [-0.25, -0.2) is 8.78 Å². The van der Waals surface area contributed by atoms with Gasteiger partial charge in [-0.3, -0.25) is 4.90 Å². The number of halogens is 3. The predicted octanol–water partition coefficient (Wildman–Crippen LogP) is 3.83. The molecule has 1 aliphatic rings. The van der Waals surface area contributed by atoms with E-state index in [1.807, 2.05) is 6.07 Å². The number of likely N-dealkylation sites (tertiary alicyclic amines) is 1. The molecule has 1 fully saturated rings. The van der Waals surface area contributed by atoms with Crippen LogP contribution in [0.1, 0.15) is 24.0 Å². The maximum absolute atomic E-state index is 13.0. The monoisotopic (exact) mass is 351 g/mol. The predicted molar refractivity (Wildman–Crippen MR) is 73.4 cm³/mol. The summed E-state index contributed by atoms with van der Waals surface area (Å²) in [5.41, 5.74) is 2.50. The summed E-state index contributed by atoms with van der Waals surface area (Å²) < 4.78 is 27.3. The van der Waals surface area contributed by atoms with Gasteiger partial charge in [0.2, 0.25) is 0 Å². The first-order chi connectivity index (χ1) is 7.98. The molecule has 0 aromatic heterocycles. The number of alkyl halides is 2. The third-order valence-corrected chi connectivity index (χ3v) is 4.80. The molecule has 1 aromatic rings. The van der Waals surface area contributed by atoms with Gasteiger partial charge in [-0.1, -0.05) is 18.2 Å². The molecule has 0 atom stereocenters. The van der Waals surface area contributed by atoms with Crippen LogP contribution in [0.3, 0.4) is 0 Å². The number of piperidine rings is 1. The van der Waals surface area contributed by atoms with Crippen molar-refractivity contribution in [2.24, 2.45) is 0 Å². The van der Waals surface area contributed by atoms with E-state index >= 15 is 0 Å². The average Bonchev–Trinajstić information content (AvgIpc) is 2.27. The van der Waals surface area contributed by atoms with Gasteiger partial charge in [0.25, 0.3) is 5.92 Å². The molecule has 1 aliphatic heterocycles. The van der Waals surface area contributed by atoms with E-state index in [4.69, 9.17) is 0 Å². The second-order valence-corrected chi connectivity index (χ2v) is 5.76.